The number of nitrogens with one attached hydrogen (secondary N) is 1. The van der Waals surface area contributed by atoms with Crippen LogP contribution in [0.25, 0.3) is 0 Å². The van der Waals surface area contributed by atoms with Gasteiger partial charge in [0.15, 0.2) is 5.78 Å². The van der Waals surface area contributed by atoms with E-state index in [0.717, 1.165) is 0 Å². The number of carbonyl (C=O) groups is 1. The van der Waals surface area contributed by atoms with Crippen molar-refractivity contribution in [2.75, 3.05) is 5.32 Å². The molecule has 22 heavy (non-hydrogen) atoms. The summed E-state index contributed by atoms with van der Waals surface area (Å²) in [6.07, 6.45) is 2.92. The maximum atomic E-state index is 12.9. The first-order chi connectivity index (χ1) is 10.5. The molecule has 114 valence electrons. The molecular weight excluding hydrogens is 301 g/mol. The van der Waals surface area contributed by atoms with Gasteiger partial charge in [0, 0.05) is 17.8 Å². The molecule has 2 aromatic rings. The molecule has 0 aliphatic rings. The first-order valence-corrected chi connectivity index (χ1v) is 7.37. The van der Waals surface area contributed by atoms with Crippen molar-refractivity contribution < 1.29 is 9.18 Å². The molecule has 0 aliphatic carbocycles. The summed E-state index contributed by atoms with van der Waals surface area (Å²) < 4.78 is 12.9. The SMILES string of the molecule is CC(C)c1ccc(C(=O)C=CNc2ccc(F)cc2Cl)cc1. The summed E-state index contributed by atoms with van der Waals surface area (Å²) in [5.41, 5.74) is 2.35. The molecule has 0 spiro atoms. The highest BCUT2D eigenvalue weighted by Gasteiger charge is 2.04. The molecule has 0 aromatic heterocycles. The number of hydrogen-bond donors (Lipinski definition) is 1. The molecule has 0 saturated heterocycles. The minimum Gasteiger partial charge on any atom is -0.360 e. The molecule has 2 rings (SSSR count). The molecule has 0 saturated carbocycles. The lowest BCUT2D eigenvalue weighted by Gasteiger charge is -2.05. The molecule has 0 bridgehead atoms. The van der Waals surface area contributed by atoms with E-state index in [4.69, 9.17) is 11.6 Å². The van der Waals surface area contributed by atoms with Crippen LogP contribution in [-0.4, -0.2) is 5.78 Å². The molecule has 0 unspecified atom stereocenters. The maximum Gasteiger partial charge on any atom is 0.187 e. The van der Waals surface area contributed by atoms with E-state index in [2.05, 4.69) is 19.2 Å². The third-order valence-corrected chi connectivity index (χ3v) is 3.58. The van der Waals surface area contributed by atoms with Gasteiger partial charge in [-0.1, -0.05) is 49.7 Å². The molecule has 4 heteroatoms. The summed E-state index contributed by atoms with van der Waals surface area (Å²) in [5, 5.41) is 3.13. The van der Waals surface area contributed by atoms with Crippen LogP contribution < -0.4 is 5.32 Å². The average molecular weight is 318 g/mol. The number of anilines is 1. The van der Waals surface area contributed by atoms with E-state index in [1.165, 1.54) is 36.0 Å². The van der Waals surface area contributed by atoms with E-state index in [9.17, 15) is 9.18 Å². The van der Waals surface area contributed by atoms with Gasteiger partial charge in [-0.05, 0) is 29.7 Å². The Labute approximate surface area is 134 Å². The minimum atomic E-state index is -0.402. The van der Waals surface area contributed by atoms with E-state index >= 15 is 0 Å². The van der Waals surface area contributed by atoms with E-state index in [0.29, 0.717) is 17.2 Å². The Morgan fingerprint density at radius 1 is 1.18 bits per heavy atom. The van der Waals surface area contributed by atoms with Crippen LogP contribution in [0.3, 0.4) is 0 Å². The fourth-order valence-corrected chi connectivity index (χ4v) is 2.16. The van der Waals surface area contributed by atoms with Crippen LogP contribution in [0, 0.1) is 5.82 Å². The van der Waals surface area contributed by atoms with Crippen molar-refractivity contribution >= 4 is 23.1 Å². The van der Waals surface area contributed by atoms with Gasteiger partial charge in [0.05, 0.1) is 10.7 Å². The highest BCUT2D eigenvalue weighted by atomic mass is 35.5. The highest BCUT2D eigenvalue weighted by molar-refractivity contribution is 6.33. The second-order valence-corrected chi connectivity index (χ2v) is 5.65. The van der Waals surface area contributed by atoms with Crippen LogP contribution in [0.2, 0.25) is 5.02 Å². The van der Waals surface area contributed by atoms with Crippen molar-refractivity contribution in [1.82, 2.24) is 0 Å². The lowest BCUT2D eigenvalue weighted by atomic mass is 10.0. The van der Waals surface area contributed by atoms with Crippen molar-refractivity contribution in [2.45, 2.75) is 19.8 Å². The number of rotatable bonds is 5. The Hall–Kier alpha value is -2.13. The molecule has 2 aromatic carbocycles. The number of benzene rings is 2. The predicted octanol–water partition coefficient (Wildman–Crippen LogP) is 5.41. The van der Waals surface area contributed by atoms with Crippen molar-refractivity contribution in [3.8, 4) is 0 Å². The molecule has 0 heterocycles. The number of carbonyl (C=O) groups excluding carboxylic acids is 1. The zero-order chi connectivity index (χ0) is 16.1. The monoisotopic (exact) mass is 317 g/mol. The summed E-state index contributed by atoms with van der Waals surface area (Å²) in [5.74, 6) is -0.0798. The highest BCUT2D eigenvalue weighted by Crippen LogP contribution is 2.22. The molecule has 0 atom stereocenters. The van der Waals surface area contributed by atoms with Gasteiger partial charge in [-0.2, -0.15) is 0 Å². The van der Waals surface area contributed by atoms with Gasteiger partial charge in [0.1, 0.15) is 5.82 Å². The van der Waals surface area contributed by atoms with Gasteiger partial charge in [0.2, 0.25) is 0 Å². The molecule has 2 nitrogen and oxygen atoms in total. The zero-order valence-corrected chi connectivity index (χ0v) is 13.2. The summed E-state index contributed by atoms with van der Waals surface area (Å²) in [4.78, 5) is 12.0. The quantitative estimate of drug-likeness (QED) is 0.590. The number of halogens is 2. The molecule has 0 aliphatic heterocycles. The van der Waals surface area contributed by atoms with E-state index in [1.54, 1.807) is 0 Å². The van der Waals surface area contributed by atoms with Crippen LogP contribution in [0.4, 0.5) is 10.1 Å². The molecule has 1 N–H and O–H groups in total. The molecular formula is C18H17ClFNO. The summed E-state index contributed by atoms with van der Waals surface area (Å²) in [7, 11) is 0. The zero-order valence-electron chi connectivity index (χ0n) is 12.4. The largest absolute Gasteiger partial charge is 0.360 e. The third kappa shape index (κ3) is 4.18. The Morgan fingerprint density at radius 3 is 2.45 bits per heavy atom. The van der Waals surface area contributed by atoms with Crippen LogP contribution >= 0.6 is 11.6 Å². The molecule has 0 radical (unpaired) electrons. The van der Waals surface area contributed by atoms with E-state index in [-0.39, 0.29) is 10.8 Å². The van der Waals surface area contributed by atoms with Gasteiger partial charge in [0.25, 0.3) is 0 Å². The molecule has 0 amide bonds. The number of allylic oxidation sites excluding steroid dienone is 1. The van der Waals surface area contributed by atoms with Gasteiger partial charge in [-0.15, -0.1) is 0 Å². The standard InChI is InChI=1S/C18H17ClFNO/c1-12(2)13-3-5-14(6-4-13)18(22)9-10-21-17-8-7-15(20)11-16(17)19/h3-12,21H,1-2H3. The lowest BCUT2D eigenvalue weighted by molar-refractivity contribution is 0.104. The van der Waals surface area contributed by atoms with Crippen molar-refractivity contribution in [3.63, 3.8) is 0 Å². The maximum absolute atomic E-state index is 12.9. The first-order valence-electron chi connectivity index (χ1n) is 7.00. The Morgan fingerprint density at radius 2 is 1.86 bits per heavy atom. The summed E-state index contributed by atoms with van der Waals surface area (Å²) in [6.45, 7) is 4.21. The van der Waals surface area contributed by atoms with Gasteiger partial charge < -0.3 is 5.32 Å². The van der Waals surface area contributed by atoms with E-state index < -0.39 is 5.82 Å². The smallest absolute Gasteiger partial charge is 0.187 e. The second kappa shape index (κ2) is 7.23. The first kappa shape index (κ1) is 16.2. The van der Waals surface area contributed by atoms with Gasteiger partial charge in [-0.25, -0.2) is 4.39 Å². The Bertz CT molecular complexity index is 693. The lowest BCUT2D eigenvalue weighted by Crippen LogP contribution is -1.97. The van der Waals surface area contributed by atoms with Crippen molar-refractivity contribution in [1.29, 1.82) is 0 Å². The normalized spacial score (nSPS) is 11.1. The summed E-state index contributed by atoms with van der Waals surface area (Å²) in [6, 6.07) is 11.6. The van der Waals surface area contributed by atoms with Crippen LogP contribution in [0.15, 0.2) is 54.7 Å². The fraction of sp³-hybridized carbons (Fsp3) is 0.167. The van der Waals surface area contributed by atoms with Crippen LogP contribution in [-0.2, 0) is 0 Å². The number of ketones is 1. The molecule has 0 fully saturated rings. The topological polar surface area (TPSA) is 29.1 Å². The summed E-state index contributed by atoms with van der Waals surface area (Å²) >= 11 is 5.89. The van der Waals surface area contributed by atoms with Crippen molar-refractivity contribution in [3.05, 3.63) is 76.7 Å². The Kier molecular flexibility index (Phi) is 5.34. The van der Waals surface area contributed by atoms with Crippen LogP contribution in [0.5, 0.6) is 0 Å². The fourth-order valence-electron chi connectivity index (χ4n) is 1.94. The van der Waals surface area contributed by atoms with Crippen LogP contribution in [0.1, 0.15) is 35.7 Å². The Balaban J connectivity index is 2.02. The number of hydrogen-bond acceptors (Lipinski definition) is 2. The second-order valence-electron chi connectivity index (χ2n) is 5.24. The minimum absolute atomic E-state index is 0.110. The van der Waals surface area contributed by atoms with Gasteiger partial charge in [-0.3, -0.25) is 4.79 Å². The van der Waals surface area contributed by atoms with Crippen molar-refractivity contribution in [2.24, 2.45) is 0 Å². The van der Waals surface area contributed by atoms with Gasteiger partial charge >= 0.3 is 0 Å². The van der Waals surface area contributed by atoms with E-state index in [1.807, 2.05) is 24.3 Å². The predicted molar refractivity (Wildman–Crippen MR) is 89.0 cm³/mol. The third-order valence-electron chi connectivity index (χ3n) is 3.27. The average Bonchev–Trinajstić information content (AvgIpc) is 2.49.